The van der Waals surface area contributed by atoms with Gasteiger partial charge in [0.2, 0.25) is 12.3 Å². The van der Waals surface area contributed by atoms with Crippen LogP contribution in [-0.2, 0) is 16.1 Å². The summed E-state index contributed by atoms with van der Waals surface area (Å²) < 4.78 is 0. The van der Waals surface area contributed by atoms with Crippen LogP contribution in [0, 0.1) is 28.6 Å². The molecular formula is C37H42N4O5. The number of carbonyl (C=O) groups excluding carboxylic acids is 5. The molecule has 3 aliphatic heterocycles. The summed E-state index contributed by atoms with van der Waals surface area (Å²) in [6.45, 7) is 13.0. The van der Waals surface area contributed by atoms with Gasteiger partial charge in [-0.25, -0.2) is 0 Å². The molecule has 1 atom stereocenters. The summed E-state index contributed by atoms with van der Waals surface area (Å²) in [5.74, 6) is 6.06. The Morgan fingerprint density at radius 3 is 2.30 bits per heavy atom. The topological polar surface area (TPSA) is 107 Å². The predicted molar refractivity (Wildman–Crippen MR) is 174 cm³/mol. The molecule has 9 heteroatoms. The number of amides is 5. The Bertz CT molecular complexity index is 1680. The number of hydrogen-bond acceptors (Lipinski definition) is 6. The van der Waals surface area contributed by atoms with Gasteiger partial charge in [-0.3, -0.25) is 34.2 Å². The summed E-state index contributed by atoms with van der Waals surface area (Å²) in [6.07, 6.45) is 3.51. The van der Waals surface area contributed by atoms with E-state index in [0.717, 1.165) is 54.7 Å². The average molecular weight is 623 g/mol. The van der Waals surface area contributed by atoms with Gasteiger partial charge >= 0.3 is 0 Å². The molecule has 9 nitrogen and oxygen atoms in total. The van der Waals surface area contributed by atoms with Crippen LogP contribution in [0.4, 0.5) is 5.69 Å². The van der Waals surface area contributed by atoms with Crippen molar-refractivity contribution in [3.8, 4) is 11.8 Å². The molecule has 2 fully saturated rings. The normalized spacial score (nSPS) is 20.9. The van der Waals surface area contributed by atoms with Crippen LogP contribution >= 0.6 is 0 Å². The quantitative estimate of drug-likeness (QED) is 0.271. The summed E-state index contributed by atoms with van der Waals surface area (Å²) in [6, 6.07) is 11.1. The molecule has 1 N–H and O–H groups in total. The van der Waals surface area contributed by atoms with Crippen molar-refractivity contribution in [2.45, 2.75) is 85.4 Å². The number of imide groups is 2. The maximum atomic E-state index is 13.3. The summed E-state index contributed by atoms with van der Waals surface area (Å²) in [5, 5.41) is 2.08. The van der Waals surface area contributed by atoms with Crippen molar-refractivity contribution in [1.82, 2.24) is 15.1 Å². The van der Waals surface area contributed by atoms with Crippen LogP contribution in [0.25, 0.3) is 0 Å². The van der Waals surface area contributed by atoms with Gasteiger partial charge < -0.3 is 9.80 Å². The number of hydrogen-bond donors (Lipinski definition) is 1. The van der Waals surface area contributed by atoms with Crippen LogP contribution in [-0.4, -0.2) is 65.0 Å². The molecule has 4 aliphatic rings. The first kappa shape index (κ1) is 31.5. The molecule has 1 saturated heterocycles. The number of rotatable bonds is 7. The molecule has 2 aromatic rings. The molecule has 0 radical (unpaired) electrons. The van der Waals surface area contributed by atoms with Crippen LogP contribution in [0.5, 0.6) is 0 Å². The predicted octanol–water partition coefficient (Wildman–Crippen LogP) is 4.77. The highest BCUT2D eigenvalue weighted by Crippen LogP contribution is 2.57. The summed E-state index contributed by atoms with van der Waals surface area (Å²) in [5.41, 5.74) is 4.68. The van der Waals surface area contributed by atoms with E-state index in [4.69, 9.17) is 0 Å². The Hall–Kier alpha value is -4.45. The number of carbonyl (C=O) groups is 5. The van der Waals surface area contributed by atoms with Gasteiger partial charge in [-0.15, -0.1) is 0 Å². The van der Waals surface area contributed by atoms with Crippen molar-refractivity contribution < 1.29 is 24.0 Å². The minimum absolute atomic E-state index is 0.0402. The molecule has 3 heterocycles. The van der Waals surface area contributed by atoms with Crippen molar-refractivity contribution in [2.75, 3.05) is 18.0 Å². The van der Waals surface area contributed by atoms with Crippen LogP contribution in [0.1, 0.15) is 109 Å². The Balaban J connectivity index is 1.06. The second-order valence-corrected chi connectivity index (χ2v) is 14.7. The van der Waals surface area contributed by atoms with E-state index in [1.807, 2.05) is 18.2 Å². The van der Waals surface area contributed by atoms with E-state index in [1.54, 1.807) is 19.1 Å². The lowest BCUT2D eigenvalue weighted by Gasteiger charge is -2.60. The van der Waals surface area contributed by atoms with Crippen molar-refractivity contribution in [3.05, 3.63) is 64.2 Å². The van der Waals surface area contributed by atoms with Gasteiger partial charge in [0.05, 0.1) is 11.1 Å². The zero-order valence-corrected chi connectivity index (χ0v) is 27.3. The van der Waals surface area contributed by atoms with E-state index >= 15 is 0 Å². The molecule has 0 aromatic heterocycles. The Morgan fingerprint density at radius 2 is 1.63 bits per heavy atom. The van der Waals surface area contributed by atoms with Crippen LogP contribution < -0.4 is 10.2 Å². The van der Waals surface area contributed by atoms with Gasteiger partial charge in [0.15, 0.2) is 0 Å². The van der Waals surface area contributed by atoms with Crippen LogP contribution in [0.2, 0.25) is 0 Å². The summed E-state index contributed by atoms with van der Waals surface area (Å²) >= 11 is 0. The fraction of sp³-hybridized carbons (Fsp3) is 0.486. The molecule has 240 valence electrons. The molecule has 0 bridgehead atoms. The van der Waals surface area contributed by atoms with Crippen LogP contribution in [0.3, 0.4) is 0 Å². The lowest BCUT2D eigenvalue weighted by atomic mass is 9.51. The zero-order valence-electron chi connectivity index (χ0n) is 27.3. The zero-order chi connectivity index (χ0) is 33.0. The van der Waals surface area contributed by atoms with E-state index in [2.05, 4.69) is 60.7 Å². The first-order chi connectivity index (χ1) is 21.8. The van der Waals surface area contributed by atoms with E-state index in [-0.39, 0.29) is 53.4 Å². The Labute approximate surface area is 270 Å². The highest BCUT2D eigenvalue weighted by Gasteiger charge is 2.57. The van der Waals surface area contributed by atoms with E-state index in [9.17, 15) is 24.0 Å². The molecule has 6 rings (SSSR count). The Morgan fingerprint density at radius 1 is 0.957 bits per heavy atom. The minimum atomic E-state index is -0.477. The summed E-state index contributed by atoms with van der Waals surface area (Å²) in [4.78, 5) is 67.2. The van der Waals surface area contributed by atoms with Crippen molar-refractivity contribution >= 4 is 35.7 Å². The maximum absolute atomic E-state index is 13.3. The van der Waals surface area contributed by atoms with Gasteiger partial charge in [0.1, 0.15) is 0 Å². The third-order valence-electron chi connectivity index (χ3n) is 10.3. The molecule has 1 aliphatic carbocycles. The highest BCUT2D eigenvalue weighted by atomic mass is 16.2. The number of piperidine rings is 1. The SMILES string of the molecule is CC(CCC(=O)NC=O)N1C(=O)c2ccc(N3CCC(C#Cc4ccc5c(c4)CN(C4C(C)(C)CC4(C)C)C5=O)CC3)cc2C1=O. The monoisotopic (exact) mass is 622 g/mol. The molecule has 1 unspecified atom stereocenters. The van der Waals surface area contributed by atoms with Crippen molar-refractivity contribution in [1.29, 1.82) is 0 Å². The van der Waals surface area contributed by atoms with Gasteiger partial charge in [-0.1, -0.05) is 39.5 Å². The first-order valence-electron chi connectivity index (χ1n) is 16.3. The third kappa shape index (κ3) is 5.59. The smallest absolute Gasteiger partial charge is 0.261 e. The van der Waals surface area contributed by atoms with E-state index < -0.39 is 11.9 Å². The number of anilines is 1. The van der Waals surface area contributed by atoms with Crippen molar-refractivity contribution in [3.63, 3.8) is 0 Å². The van der Waals surface area contributed by atoms with Crippen LogP contribution in [0.15, 0.2) is 36.4 Å². The largest absolute Gasteiger partial charge is 0.371 e. The van der Waals surface area contributed by atoms with Crippen molar-refractivity contribution in [2.24, 2.45) is 16.7 Å². The number of nitrogens with one attached hydrogen (secondary N) is 1. The van der Waals surface area contributed by atoms with E-state index in [1.165, 1.54) is 4.90 Å². The fourth-order valence-corrected chi connectivity index (χ4v) is 8.69. The van der Waals surface area contributed by atoms with Gasteiger partial charge in [0, 0.05) is 60.9 Å². The number of nitrogens with zero attached hydrogens (tertiary/aromatic N) is 3. The lowest BCUT2D eigenvalue weighted by Crippen LogP contribution is -2.63. The number of fused-ring (bicyclic) bond motifs is 2. The molecular weight excluding hydrogens is 580 g/mol. The summed E-state index contributed by atoms with van der Waals surface area (Å²) in [7, 11) is 0. The highest BCUT2D eigenvalue weighted by molar-refractivity contribution is 6.22. The van der Waals surface area contributed by atoms with E-state index in [0.29, 0.717) is 24.1 Å². The average Bonchev–Trinajstić information content (AvgIpc) is 3.45. The molecule has 1 saturated carbocycles. The lowest BCUT2D eigenvalue weighted by molar-refractivity contribution is -0.125. The van der Waals surface area contributed by atoms with Gasteiger partial charge in [0.25, 0.3) is 17.7 Å². The maximum Gasteiger partial charge on any atom is 0.261 e. The molecule has 0 spiro atoms. The second-order valence-electron chi connectivity index (χ2n) is 14.7. The minimum Gasteiger partial charge on any atom is -0.371 e. The standard InChI is InChI=1S/C37H42N4O5/c1-23(6-13-31(43)38-22-42)41-33(45)29-12-10-27(19-30(29)34(41)46)39-16-14-24(15-17-39)7-8-25-9-11-28-26(18-25)20-40(32(28)44)35-36(2,3)21-37(35,4)5/h9-12,18-19,22-24,35H,6,13-17,20-21H2,1-5H3,(H,38,42,43). The van der Waals surface area contributed by atoms with Gasteiger partial charge in [-0.05, 0) is 85.4 Å². The molecule has 2 aromatic carbocycles. The second kappa shape index (κ2) is 11.7. The molecule has 5 amide bonds. The third-order valence-corrected chi connectivity index (χ3v) is 10.3. The van der Waals surface area contributed by atoms with Gasteiger partial charge in [-0.2, -0.15) is 0 Å². The number of benzene rings is 2. The molecule has 46 heavy (non-hydrogen) atoms. The fourth-order valence-electron chi connectivity index (χ4n) is 8.69. The Kier molecular flexibility index (Phi) is 8.04. The first-order valence-corrected chi connectivity index (χ1v) is 16.3.